The Labute approximate surface area is 147 Å². The number of rotatable bonds is 5. The van der Waals surface area contributed by atoms with Crippen LogP contribution < -0.4 is 5.32 Å². The first-order valence-electron chi connectivity index (χ1n) is 7.87. The van der Waals surface area contributed by atoms with Gasteiger partial charge in [-0.2, -0.15) is 0 Å². The minimum Gasteiger partial charge on any atom is -0.326 e. The van der Waals surface area contributed by atoms with Gasteiger partial charge in [-0.05, 0) is 35.4 Å². The van der Waals surface area contributed by atoms with Crippen LogP contribution in [-0.4, -0.2) is 5.91 Å². The lowest BCUT2D eigenvalue weighted by atomic mass is 9.88. The lowest BCUT2D eigenvalue weighted by molar-refractivity contribution is -0.116. The van der Waals surface area contributed by atoms with Gasteiger partial charge in [0.2, 0.25) is 5.91 Å². The highest BCUT2D eigenvalue weighted by molar-refractivity contribution is 6.30. The Morgan fingerprint density at radius 1 is 0.792 bits per heavy atom. The normalized spacial score (nSPS) is 10.6. The molecule has 0 aliphatic carbocycles. The van der Waals surface area contributed by atoms with Gasteiger partial charge in [0.05, 0.1) is 0 Å². The highest BCUT2D eigenvalue weighted by Gasteiger charge is 2.18. The van der Waals surface area contributed by atoms with E-state index < -0.39 is 0 Å². The molecule has 0 saturated carbocycles. The predicted molar refractivity (Wildman–Crippen MR) is 99.4 cm³/mol. The van der Waals surface area contributed by atoms with Crippen molar-refractivity contribution in [2.75, 3.05) is 5.32 Å². The Morgan fingerprint density at radius 2 is 1.29 bits per heavy atom. The molecule has 0 aromatic heterocycles. The minimum atomic E-state index is -0.0185. The zero-order valence-electron chi connectivity index (χ0n) is 13.2. The SMILES string of the molecule is O=C(CC(c1ccccc1)c1ccccc1)Nc1ccc(Cl)cc1. The van der Waals surface area contributed by atoms with Crippen molar-refractivity contribution in [2.45, 2.75) is 12.3 Å². The van der Waals surface area contributed by atoms with Gasteiger partial charge < -0.3 is 5.32 Å². The van der Waals surface area contributed by atoms with E-state index in [-0.39, 0.29) is 11.8 Å². The third kappa shape index (κ3) is 4.24. The summed E-state index contributed by atoms with van der Waals surface area (Å²) < 4.78 is 0. The van der Waals surface area contributed by atoms with Crippen LogP contribution in [0.25, 0.3) is 0 Å². The van der Waals surface area contributed by atoms with Crippen LogP contribution in [0.5, 0.6) is 0 Å². The molecule has 0 heterocycles. The van der Waals surface area contributed by atoms with E-state index in [1.54, 1.807) is 24.3 Å². The van der Waals surface area contributed by atoms with Gasteiger partial charge >= 0.3 is 0 Å². The molecule has 0 fully saturated rings. The first kappa shape index (κ1) is 16.3. The second kappa shape index (κ2) is 7.80. The predicted octanol–water partition coefficient (Wildman–Crippen LogP) is 5.50. The number of nitrogens with one attached hydrogen (secondary N) is 1. The third-order valence-corrected chi connectivity index (χ3v) is 4.17. The fraction of sp³-hybridized carbons (Fsp3) is 0.0952. The van der Waals surface area contributed by atoms with Crippen LogP contribution in [0.4, 0.5) is 5.69 Å². The average molecular weight is 336 g/mol. The number of carbonyl (C=O) groups is 1. The van der Waals surface area contributed by atoms with E-state index >= 15 is 0 Å². The summed E-state index contributed by atoms with van der Waals surface area (Å²) in [7, 11) is 0. The van der Waals surface area contributed by atoms with Gasteiger partial charge in [-0.25, -0.2) is 0 Å². The van der Waals surface area contributed by atoms with Gasteiger partial charge in [0.25, 0.3) is 0 Å². The first-order chi connectivity index (χ1) is 11.7. The second-order valence-corrected chi connectivity index (χ2v) is 6.07. The lowest BCUT2D eigenvalue weighted by Crippen LogP contribution is -2.16. The first-order valence-corrected chi connectivity index (χ1v) is 8.25. The molecule has 3 aromatic rings. The van der Waals surface area contributed by atoms with E-state index in [9.17, 15) is 4.79 Å². The number of halogens is 1. The molecule has 2 nitrogen and oxygen atoms in total. The molecule has 0 unspecified atom stereocenters. The van der Waals surface area contributed by atoms with Gasteiger partial charge in [-0.1, -0.05) is 72.3 Å². The smallest absolute Gasteiger partial charge is 0.225 e. The Hall–Kier alpha value is -2.58. The summed E-state index contributed by atoms with van der Waals surface area (Å²) >= 11 is 5.88. The van der Waals surface area contributed by atoms with E-state index in [0.29, 0.717) is 11.4 Å². The summed E-state index contributed by atoms with van der Waals surface area (Å²) in [4.78, 5) is 12.5. The number of benzene rings is 3. The van der Waals surface area contributed by atoms with Crippen molar-refractivity contribution in [3.05, 3.63) is 101 Å². The average Bonchev–Trinajstić information content (AvgIpc) is 2.63. The standard InChI is InChI=1S/C21H18ClNO/c22-18-11-13-19(14-12-18)23-21(24)15-20(16-7-3-1-4-8-16)17-9-5-2-6-10-17/h1-14,20H,15H2,(H,23,24). The zero-order chi connectivity index (χ0) is 16.8. The Bertz CT molecular complexity index is 746. The van der Waals surface area contributed by atoms with E-state index in [1.165, 1.54) is 0 Å². The van der Waals surface area contributed by atoms with Crippen LogP contribution in [0.2, 0.25) is 5.02 Å². The largest absolute Gasteiger partial charge is 0.326 e. The Kier molecular flexibility index (Phi) is 5.29. The van der Waals surface area contributed by atoms with Crippen molar-refractivity contribution in [1.82, 2.24) is 0 Å². The molecule has 24 heavy (non-hydrogen) atoms. The van der Waals surface area contributed by atoms with Gasteiger partial charge in [-0.15, -0.1) is 0 Å². The lowest BCUT2D eigenvalue weighted by Gasteiger charge is -2.18. The molecule has 0 saturated heterocycles. The number of hydrogen-bond acceptors (Lipinski definition) is 1. The number of anilines is 1. The molecule has 0 bridgehead atoms. The van der Waals surface area contributed by atoms with Crippen LogP contribution in [0.1, 0.15) is 23.5 Å². The van der Waals surface area contributed by atoms with Crippen LogP contribution in [0.15, 0.2) is 84.9 Å². The van der Waals surface area contributed by atoms with Gasteiger partial charge in [0, 0.05) is 23.0 Å². The van der Waals surface area contributed by atoms with Crippen molar-refractivity contribution in [2.24, 2.45) is 0 Å². The molecule has 0 radical (unpaired) electrons. The van der Waals surface area contributed by atoms with Crippen molar-refractivity contribution < 1.29 is 4.79 Å². The van der Waals surface area contributed by atoms with E-state index in [4.69, 9.17) is 11.6 Å². The Morgan fingerprint density at radius 3 is 1.79 bits per heavy atom. The quantitative estimate of drug-likeness (QED) is 0.655. The molecule has 3 rings (SSSR count). The highest BCUT2D eigenvalue weighted by atomic mass is 35.5. The maximum atomic E-state index is 12.5. The fourth-order valence-corrected chi connectivity index (χ4v) is 2.86. The second-order valence-electron chi connectivity index (χ2n) is 5.63. The van der Waals surface area contributed by atoms with Crippen molar-refractivity contribution in [1.29, 1.82) is 0 Å². The Balaban J connectivity index is 1.79. The van der Waals surface area contributed by atoms with E-state index in [0.717, 1.165) is 16.8 Å². The molecular formula is C21H18ClNO. The molecule has 0 atom stereocenters. The van der Waals surface area contributed by atoms with Crippen molar-refractivity contribution in [3.63, 3.8) is 0 Å². The highest BCUT2D eigenvalue weighted by Crippen LogP contribution is 2.28. The van der Waals surface area contributed by atoms with Gasteiger partial charge in [0.15, 0.2) is 0 Å². The summed E-state index contributed by atoms with van der Waals surface area (Å²) in [6.07, 6.45) is 0.386. The van der Waals surface area contributed by atoms with Crippen LogP contribution in [0, 0.1) is 0 Å². The van der Waals surface area contributed by atoms with Crippen LogP contribution >= 0.6 is 11.6 Å². The molecule has 0 aliphatic rings. The van der Waals surface area contributed by atoms with E-state index in [1.807, 2.05) is 36.4 Å². The van der Waals surface area contributed by atoms with Crippen LogP contribution in [0.3, 0.4) is 0 Å². The molecular weight excluding hydrogens is 318 g/mol. The van der Waals surface area contributed by atoms with Crippen molar-refractivity contribution >= 4 is 23.2 Å². The topological polar surface area (TPSA) is 29.1 Å². The number of amides is 1. The minimum absolute atomic E-state index is 0.0185. The molecule has 1 amide bonds. The van der Waals surface area contributed by atoms with E-state index in [2.05, 4.69) is 29.6 Å². The summed E-state index contributed by atoms with van der Waals surface area (Å²) in [5.41, 5.74) is 3.02. The summed E-state index contributed by atoms with van der Waals surface area (Å²) in [6.45, 7) is 0. The van der Waals surface area contributed by atoms with Gasteiger partial charge in [0.1, 0.15) is 0 Å². The maximum absolute atomic E-state index is 12.5. The summed E-state index contributed by atoms with van der Waals surface area (Å²) in [5, 5.41) is 3.59. The zero-order valence-corrected chi connectivity index (χ0v) is 13.9. The molecule has 1 N–H and O–H groups in total. The van der Waals surface area contributed by atoms with Crippen molar-refractivity contribution in [3.8, 4) is 0 Å². The fourth-order valence-electron chi connectivity index (χ4n) is 2.73. The number of hydrogen-bond donors (Lipinski definition) is 1. The molecule has 0 spiro atoms. The molecule has 3 aromatic carbocycles. The summed E-state index contributed by atoms with van der Waals surface area (Å²) in [6, 6.07) is 27.4. The third-order valence-electron chi connectivity index (χ3n) is 3.92. The molecule has 3 heteroatoms. The van der Waals surface area contributed by atoms with Crippen LogP contribution in [-0.2, 0) is 4.79 Å². The van der Waals surface area contributed by atoms with Gasteiger partial charge in [-0.3, -0.25) is 4.79 Å². The molecule has 120 valence electrons. The molecule has 0 aliphatic heterocycles. The number of carbonyl (C=O) groups excluding carboxylic acids is 1. The summed E-state index contributed by atoms with van der Waals surface area (Å²) in [5.74, 6) is 0.00901. The maximum Gasteiger partial charge on any atom is 0.225 e. The monoisotopic (exact) mass is 335 g/mol.